The number of carbonyl (C=O) groups excluding carboxylic acids is 1. The SMILES string of the molecule is CN(CO)C(=O)c1cc(N)cc(C2CC2)c1. The van der Waals surface area contributed by atoms with E-state index in [4.69, 9.17) is 10.8 Å². The molecule has 0 heterocycles. The van der Waals surface area contributed by atoms with Crippen molar-refractivity contribution in [1.82, 2.24) is 4.90 Å². The van der Waals surface area contributed by atoms with Gasteiger partial charge in [-0.15, -0.1) is 0 Å². The van der Waals surface area contributed by atoms with Crippen LogP contribution in [-0.2, 0) is 0 Å². The van der Waals surface area contributed by atoms with Crippen LogP contribution in [0.2, 0.25) is 0 Å². The fourth-order valence-corrected chi connectivity index (χ4v) is 1.74. The van der Waals surface area contributed by atoms with Gasteiger partial charge in [-0.05, 0) is 42.5 Å². The minimum Gasteiger partial charge on any atom is -0.399 e. The summed E-state index contributed by atoms with van der Waals surface area (Å²) in [5.74, 6) is 0.367. The number of benzene rings is 1. The predicted molar refractivity (Wildman–Crippen MR) is 62.0 cm³/mol. The maximum Gasteiger partial charge on any atom is 0.255 e. The van der Waals surface area contributed by atoms with Crippen molar-refractivity contribution in [1.29, 1.82) is 0 Å². The molecule has 16 heavy (non-hydrogen) atoms. The monoisotopic (exact) mass is 220 g/mol. The molecule has 3 N–H and O–H groups in total. The molecule has 1 aromatic carbocycles. The third kappa shape index (κ3) is 2.17. The lowest BCUT2D eigenvalue weighted by Gasteiger charge is -2.14. The minimum atomic E-state index is -0.285. The number of aliphatic hydroxyl groups excluding tert-OH is 1. The lowest BCUT2D eigenvalue weighted by molar-refractivity contribution is 0.0629. The molecule has 0 aliphatic heterocycles. The number of nitrogens with two attached hydrogens (primary N) is 1. The molecular formula is C12H16N2O2. The van der Waals surface area contributed by atoms with Crippen LogP contribution in [0.4, 0.5) is 5.69 Å². The van der Waals surface area contributed by atoms with E-state index in [-0.39, 0.29) is 12.6 Å². The summed E-state index contributed by atoms with van der Waals surface area (Å²) in [5.41, 5.74) is 8.07. The molecule has 1 aromatic rings. The second-order valence-electron chi connectivity index (χ2n) is 4.31. The number of hydrogen-bond donors (Lipinski definition) is 2. The van der Waals surface area contributed by atoms with Crippen molar-refractivity contribution < 1.29 is 9.90 Å². The highest BCUT2D eigenvalue weighted by Crippen LogP contribution is 2.41. The quantitative estimate of drug-likeness (QED) is 0.593. The molecular weight excluding hydrogens is 204 g/mol. The molecule has 1 aliphatic rings. The average molecular weight is 220 g/mol. The molecule has 1 saturated carbocycles. The van der Waals surface area contributed by atoms with E-state index in [0.29, 0.717) is 17.2 Å². The molecule has 0 radical (unpaired) electrons. The molecule has 1 fully saturated rings. The number of amides is 1. The van der Waals surface area contributed by atoms with E-state index in [1.165, 1.54) is 17.7 Å². The van der Waals surface area contributed by atoms with Crippen molar-refractivity contribution in [3.63, 3.8) is 0 Å². The summed E-state index contributed by atoms with van der Waals surface area (Å²) in [5, 5.41) is 8.90. The Morgan fingerprint density at radius 1 is 1.50 bits per heavy atom. The molecule has 86 valence electrons. The molecule has 0 bridgehead atoms. The van der Waals surface area contributed by atoms with Crippen molar-refractivity contribution in [3.8, 4) is 0 Å². The van der Waals surface area contributed by atoms with Crippen LogP contribution in [0.1, 0.15) is 34.7 Å². The smallest absolute Gasteiger partial charge is 0.255 e. The third-order valence-electron chi connectivity index (χ3n) is 2.83. The van der Waals surface area contributed by atoms with E-state index in [9.17, 15) is 4.79 Å². The van der Waals surface area contributed by atoms with Crippen molar-refractivity contribution in [2.24, 2.45) is 0 Å². The van der Waals surface area contributed by atoms with Gasteiger partial charge in [0.25, 0.3) is 5.91 Å². The first-order valence-electron chi connectivity index (χ1n) is 5.38. The zero-order chi connectivity index (χ0) is 11.7. The second kappa shape index (κ2) is 4.14. The van der Waals surface area contributed by atoms with Crippen LogP contribution in [0.25, 0.3) is 0 Å². The molecule has 2 rings (SSSR count). The Morgan fingerprint density at radius 3 is 2.75 bits per heavy atom. The highest BCUT2D eigenvalue weighted by atomic mass is 16.3. The van der Waals surface area contributed by atoms with Crippen LogP contribution in [-0.4, -0.2) is 29.7 Å². The average Bonchev–Trinajstić information content (AvgIpc) is 3.10. The normalized spacial score (nSPS) is 14.9. The molecule has 0 saturated heterocycles. The van der Waals surface area contributed by atoms with E-state index in [0.717, 1.165) is 5.56 Å². The molecule has 1 aliphatic carbocycles. The highest BCUT2D eigenvalue weighted by Gasteiger charge is 2.25. The van der Waals surface area contributed by atoms with Gasteiger partial charge in [-0.3, -0.25) is 4.79 Å². The van der Waals surface area contributed by atoms with E-state index >= 15 is 0 Å². The molecule has 4 heteroatoms. The first kappa shape index (κ1) is 11.0. The number of anilines is 1. The maximum atomic E-state index is 11.8. The van der Waals surface area contributed by atoms with Crippen molar-refractivity contribution >= 4 is 11.6 Å². The van der Waals surface area contributed by atoms with E-state index < -0.39 is 0 Å². The van der Waals surface area contributed by atoms with Gasteiger partial charge in [-0.25, -0.2) is 0 Å². The van der Waals surface area contributed by atoms with Gasteiger partial charge in [0.15, 0.2) is 0 Å². The number of nitrogens with zero attached hydrogens (tertiary/aromatic N) is 1. The first-order chi connectivity index (χ1) is 7.61. The van der Waals surface area contributed by atoms with E-state index in [1.807, 2.05) is 12.1 Å². The summed E-state index contributed by atoms with van der Waals surface area (Å²) in [6.07, 6.45) is 2.35. The Morgan fingerprint density at radius 2 is 2.19 bits per heavy atom. The van der Waals surface area contributed by atoms with Gasteiger partial charge in [-0.1, -0.05) is 0 Å². The van der Waals surface area contributed by atoms with E-state index in [1.54, 1.807) is 13.1 Å². The molecule has 0 spiro atoms. The number of rotatable bonds is 3. The first-order valence-corrected chi connectivity index (χ1v) is 5.38. The largest absolute Gasteiger partial charge is 0.399 e. The summed E-state index contributed by atoms with van der Waals surface area (Å²) in [6, 6.07) is 5.45. The van der Waals surface area contributed by atoms with Crippen LogP contribution in [0, 0.1) is 0 Å². The Labute approximate surface area is 94.7 Å². The third-order valence-corrected chi connectivity index (χ3v) is 2.83. The zero-order valence-corrected chi connectivity index (χ0v) is 9.31. The number of nitrogen functional groups attached to an aromatic ring is 1. The Bertz CT molecular complexity index is 413. The van der Waals surface area contributed by atoms with Crippen LogP contribution >= 0.6 is 0 Å². The summed E-state index contributed by atoms with van der Waals surface area (Å²) in [7, 11) is 1.56. The molecule has 1 amide bonds. The van der Waals surface area contributed by atoms with Crippen molar-refractivity contribution in [2.45, 2.75) is 18.8 Å². The van der Waals surface area contributed by atoms with Crippen LogP contribution in [0.5, 0.6) is 0 Å². The number of aliphatic hydroxyl groups is 1. The topological polar surface area (TPSA) is 66.6 Å². The van der Waals surface area contributed by atoms with Gasteiger partial charge in [0, 0.05) is 18.3 Å². The molecule has 0 unspecified atom stereocenters. The fourth-order valence-electron chi connectivity index (χ4n) is 1.74. The minimum absolute atomic E-state index is 0.197. The molecule has 0 atom stereocenters. The van der Waals surface area contributed by atoms with Gasteiger partial charge in [-0.2, -0.15) is 0 Å². The lowest BCUT2D eigenvalue weighted by Crippen LogP contribution is -2.27. The van der Waals surface area contributed by atoms with Crippen molar-refractivity contribution in [2.75, 3.05) is 19.5 Å². The van der Waals surface area contributed by atoms with Gasteiger partial charge in [0.2, 0.25) is 0 Å². The Balaban J connectivity index is 2.29. The Hall–Kier alpha value is -1.55. The van der Waals surface area contributed by atoms with E-state index in [2.05, 4.69) is 0 Å². The zero-order valence-electron chi connectivity index (χ0n) is 9.31. The van der Waals surface area contributed by atoms with Crippen LogP contribution < -0.4 is 5.73 Å². The number of carbonyl (C=O) groups is 1. The van der Waals surface area contributed by atoms with Crippen LogP contribution in [0.15, 0.2) is 18.2 Å². The molecule has 4 nitrogen and oxygen atoms in total. The molecule has 0 aromatic heterocycles. The van der Waals surface area contributed by atoms with Crippen LogP contribution in [0.3, 0.4) is 0 Å². The van der Waals surface area contributed by atoms with Gasteiger partial charge < -0.3 is 15.7 Å². The summed E-state index contributed by atoms with van der Waals surface area (Å²) < 4.78 is 0. The second-order valence-corrected chi connectivity index (χ2v) is 4.31. The summed E-state index contributed by atoms with van der Waals surface area (Å²) in [6.45, 7) is -0.285. The highest BCUT2D eigenvalue weighted by molar-refractivity contribution is 5.95. The summed E-state index contributed by atoms with van der Waals surface area (Å²) in [4.78, 5) is 13.1. The fraction of sp³-hybridized carbons (Fsp3) is 0.417. The van der Waals surface area contributed by atoms with Gasteiger partial charge in [0.1, 0.15) is 6.73 Å². The predicted octanol–water partition coefficient (Wildman–Crippen LogP) is 1.17. The maximum absolute atomic E-state index is 11.8. The van der Waals surface area contributed by atoms with Gasteiger partial charge >= 0.3 is 0 Å². The lowest BCUT2D eigenvalue weighted by atomic mass is 10.1. The standard InChI is InChI=1S/C12H16N2O2/c1-14(7-15)12(16)10-4-9(8-2-3-8)5-11(13)6-10/h4-6,8,15H,2-3,7,13H2,1H3. The van der Waals surface area contributed by atoms with Gasteiger partial charge in [0.05, 0.1) is 0 Å². The number of hydrogen-bond acceptors (Lipinski definition) is 3. The summed E-state index contributed by atoms with van der Waals surface area (Å²) >= 11 is 0. The van der Waals surface area contributed by atoms with Crippen molar-refractivity contribution in [3.05, 3.63) is 29.3 Å². The Kier molecular flexibility index (Phi) is 2.83.